The van der Waals surface area contributed by atoms with Crippen molar-refractivity contribution in [3.8, 4) is 0 Å². The highest BCUT2D eigenvalue weighted by molar-refractivity contribution is 14.1. The van der Waals surface area contributed by atoms with Crippen molar-refractivity contribution in [3.63, 3.8) is 0 Å². The first-order valence-corrected chi connectivity index (χ1v) is 12.8. The van der Waals surface area contributed by atoms with E-state index in [9.17, 15) is 0 Å². The minimum absolute atomic E-state index is 0.297. The lowest BCUT2D eigenvalue weighted by molar-refractivity contribution is 0.0330. The Bertz CT molecular complexity index is 338. The molecule has 1 aliphatic rings. The molecule has 0 radical (unpaired) electrons. The third-order valence-electron chi connectivity index (χ3n) is 5.71. The molecule has 0 amide bonds. The molecule has 124 valence electrons. The van der Waals surface area contributed by atoms with Crippen molar-refractivity contribution in [1.29, 1.82) is 0 Å². The van der Waals surface area contributed by atoms with Gasteiger partial charge in [0.1, 0.15) is 0 Å². The predicted molar refractivity (Wildman–Crippen MR) is 106 cm³/mol. The highest BCUT2D eigenvalue weighted by Gasteiger charge is 2.46. The summed E-state index contributed by atoms with van der Waals surface area (Å²) in [6.45, 7) is 14.2. The van der Waals surface area contributed by atoms with Crippen molar-refractivity contribution in [2.75, 3.05) is 0 Å². The zero-order valence-corrected chi connectivity index (χ0v) is 18.1. The molecule has 0 heterocycles. The SMILES string of the molecule is CCCC1(C(CC=CI)O[Si](C)(C)C(C)(C)C)CCCC1. The maximum absolute atomic E-state index is 6.93. The molecule has 1 nitrogen and oxygen atoms in total. The quantitative estimate of drug-likeness (QED) is 0.315. The van der Waals surface area contributed by atoms with Crippen LogP contribution in [-0.4, -0.2) is 14.4 Å². The lowest BCUT2D eigenvalue weighted by atomic mass is 9.75. The van der Waals surface area contributed by atoms with Crippen LogP contribution >= 0.6 is 22.6 Å². The first-order valence-electron chi connectivity index (χ1n) is 8.61. The molecule has 1 rings (SSSR count). The Morgan fingerprint density at radius 1 is 1.24 bits per heavy atom. The topological polar surface area (TPSA) is 9.23 Å². The van der Waals surface area contributed by atoms with Crippen LogP contribution in [0.25, 0.3) is 0 Å². The summed E-state index contributed by atoms with van der Waals surface area (Å²) in [5, 5.41) is 0.297. The van der Waals surface area contributed by atoms with Gasteiger partial charge in [0, 0.05) is 0 Å². The number of halogens is 1. The second-order valence-corrected chi connectivity index (χ2v) is 13.8. The molecule has 1 fully saturated rings. The van der Waals surface area contributed by atoms with Crippen LogP contribution in [0.5, 0.6) is 0 Å². The van der Waals surface area contributed by atoms with E-state index >= 15 is 0 Å². The van der Waals surface area contributed by atoms with Crippen molar-refractivity contribution in [2.45, 2.75) is 96.9 Å². The molecule has 1 unspecified atom stereocenters. The first-order chi connectivity index (χ1) is 9.68. The van der Waals surface area contributed by atoms with Crippen LogP contribution in [0.1, 0.15) is 72.6 Å². The minimum Gasteiger partial charge on any atom is -0.413 e. The zero-order valence-electron chi connectivity index (χ0n) is 15.0. The molecule has 1 atom stereocenters. The van der Waals surface area contributed by atoms with Crippen molar-refractivity contribution in [2.24, 2.45) is 5.41 Å². The van der Waals surface area contributed by atoms with Gasteiger partial charge >= 0.3 is 0 Å². The van der Waals surface area contributed by atoms with Crippen molar-refractivity contribution >= 4 is 30.9 Å². The monoisotopic (exact) mass is 422 g/mol. The molecular formula is C18H35IOSi. The van der Waals surface area contributed by atoms with E-state index in [0.29, 0.717) is 16.6 Å². The van der Waals surface area contributed by atoms with Gasteiger partial charge in [-0.1, -0.05) is 75.6 Å². The maximum atomic E-state index is 6.93. The Labute approximate surface area is 147 Å². The Morgan fingerprint density at radius 2 is 1.81 bits per heavy atom. The van der Waals surface area contributed by atoms with E-state index in [1.165, 1.54) is 38.5 Å². The van der Waals surface area contributed by atoms with Crippen LogP contribution in [0.3, 0.4) is 0 Å². The summed E-state index contributed by atoms with van der Waals surface area (Å²) >= 11 is 2.34. The average Bonchev–Trinajstić information content (AvgIpc) is 2.83. The van der Waals surface area contributed by atoms with Crippen LogP contribution in [0.15, 0.2) is 10.2 Å². The van der Waals surface area contributed by atoms with Gasteiger partial charge in [-0.15, -0.1) is 0 Å². The minimum atomic E-state index is -1.70. The van der Waals surface area contributed by atoms with E-state index in [-0.39, 0.29) is 0 Å². The Balaban J connectivity index is 2.99. The smallest absolute Gasteiger partial charge is 0.192 e. The van der Waals surface area contributed by atoms with E-state index in [1.54, 1.807) is 0 Å². The molecule has 0 aromatic carbocycles. The summed E-state index contributed by atoms with van der Waals surface area (Å²) in [5.74, 6) is 0. The van der Waals surface area contributed by atoms with Crippen LogP contribution in [0.4, 0.5) is 0 Å². The maximum Gasteiger partial charge on any atom is 0.192 e. The second-order valence-electron chi connectivity index (χ2n) is 8.28. The number of rotatable bonds is 7. The lowest BCUT2D eigenvalue weighted by Crippen LogP contribution is -2.48. The average molecular weight is 422 g/mol. The molecule has 0 bridgehead atoms. The van der Waals surface area contributed by atoms with Gasteiger partial charge in [0.2, 0.25) is 0 Å². The molecule has 21 heavy (non-hydrogen) atoms. The summed E-state index contributed by atoms with van der Waals surface area (Å²) in [7, 11) is -1.70. The van der Waals surface area contributed by atoms with Crippen LogP contribution < -0.4 is 0 Å². The van der Waals surface area contributed by atoms with E-state index in [1.807, 2.05) is 0 Å². The summed E-state index contributed by atoms with van der Waals surface area (Å²) in [6, 6.07) is 0. The fourth-order valence-corrected chi connectivity index (χ4v) is 5.15. The molecule has 1 aliphatic carbocycles. The highest BCUT2D eigenvalue weighted by atomic mass is 127. The molecule has 0 aromatic heterocycles. The highest BCUT2D eigenvalue weighted by Crippen LogP contribution is 2.49. The zero-order chi connectivity index (χ0) is 16.1. The van der Waals surface area contributed by atoms with Gasteiger partial charge < -0.3 is 4.43 Å². The fourth-order valence-electron chi connectivity index (χ4n) is 3.44. The molecule has 0 saturated heterocycles. The van der Waals surface area contributed by atoms with Gasteiger partial charge in [0.05, 0.1) is 6.10 Å². The molecular weight excluding hydrogens is 387 g/mol. The second kappa shape index (κ2) is 7.96. The first kappa shape index (κ1) is 19.7. The van der Waals surface area contributed by atoms with Crippen LogP contribution in [0.2, 0.25) is 18.1 Å². The Morgan fingerprint density at radius 3 is 2.24 bits per heavy atom. The summed E-state index contributed by atoms with van der Waals surface area (Å²) in [6.07, 6.45) is 12.0. The summed E-state index contributed by atoms with van der Waals surface area (Å²) in [5.41, 5.74) is 0.445. The van der Waals surface area contributed by atoms with Gasteiger partial charge in [0.25, 0.3) is 0 Å². The van der Waals surface area contributed by atoms with Crippen LogP contribution in [-0.2, 0) is 4.43 Å². The van der Waals surface area contributed by atoms with Gasteiger partial charge in [-0.2, -0.15) is 0 Å². The van der Waals surface area contributed by atoms with Crippen molar-refractivity contribution in [3.05, 3.63) is 10.2 Å². The molecule has 3 heteroatoms. The fraction of sp³-hybridized carbons (Fsp3) is 0.889. The normalized spacial score (nSPS) is 21.1. The predicted octanol–water partition coefficient (Wildman–Crippen LogP) is 7.08. The summed E-state index contributed by atoms with van der Waals surface area (Å²) < 4.78 is 9.09. The molecule has 0 spiro atoms. The largest absolute Gasteiger partial charge is 0.413 e. The van der Waals surface area contributed by atoms with Gasteiger partial charge in [-0.25, -0.2) is 0 Å². The molecule has 0 aromatic rings. The molecule has 0 N–H and O–H groups in total. The number of hydrogen-bond donors (Lipinski definition) is 0. The van der Waals surface area contributed by atoms with E-state index < -0.39 is 8.32 Å². The third-order valence-corrected chi connectivity index (χ3v) is 10.7. The van der Waals surface area contributed by atoms with Crippen LogP contribution in [0, 0.1) is 5.41 Å². The lowest BCUT2D eigenvalue weighted by Gasteiger charge is -2.45. The van der Waals surface area contributed by atoms with Crippen molar-refractivity contribution < 1.29 is 4.43 Å². The van der Waals surface area contributed by atoms with Gasteiger partial charge in [-0.3, -0.25) is 0 Å². The van der Waals surface area contributed by atoms with E-state index in [0.717, 1.165) is 6.42 Å². The Kier molecular flexibility index (Phi) is 7.46. The van der Waals surface area contributed by atoms with E-state index in [2.05, 4.69) is 73.5 Å². The summed E-state index contributed by atoms with van der Waals surface area (Å²) in [4.78, 5) is 0. The standard InChI is InChI=1S/C18H35IOSi/c1-7-12-18(13-8-9-14-18)16(11-10-15-19)20-21(5,6)17(2,3)4/h10,15-16H,7-9,11-14H2,1-6H3. The Hall–Kier alpha value is 0.647. The molecule has 0 aliphatic heterocycles. The van der Waals surface area contributed by atoms with Gasteiger partial charge in [-0.05, 0) is 53.3 Å². The van der Waals surface area contributed by atoms with E-state index in [4.69, 9.17) is 4.43 Å². The van der Waals surface area contributed by atoms with Gasteiger partial charge in [0.15, 0.2) is 8.32 Å². The third kappa shape index (κ3) is 5.07. The number of hydrogen-bond acceptors (Lipinski definition) is 1. The molecule has 1 saturated carbocycles. The van der Waals surface area contributed by atoms with Crippen molar-refractivity contribution in [1.82, 2.24) is 0 Å².